The van der Waals surface area contributed by atoms with Crippen LogP contribution in [0.4, 0.5) is 5.69 Å². The maximum Gasteiger partial charge on any atom is 0.307 e. The average molecular weight is 335 g/mol. The second-order valence-electron chi connectivity index (χ2n) is 6.11. The molecule has 0 aliphatic heterocycles. The zero-order chi connectivity index (χ0) is 16.8. The molecular weight excluding hydrogens is 320 g/mol. The van der Waals surface area contributed by atoms with Crippen LogP contribution in [0.25, 0.3) is 5.69 Å². The van der Waals surface area contributed by atoms with Crippen molar-refractivity contribution in [3.05, 3.63) is 35.9 Å². The predicted molar refractivity (Wildman–Crippen MR) is 83.4 cm³/mol. The number of nitrogens with zero attached hydrogens (tertiary/aromatic N) is 3. The number of anilines is 1. The second-order valence-corrected chi connectivity index (χ2v) is 6.52. The van der Waals surface area contributed by atoms with Gasteiger partial charge in [-0.15, -0.1) is 0 Å². The standard InChI is InChI=1S/C15H15ClN4O3/c1-15(2)11(12(15)14(22)23)13(21)19-8-3-4-10(9(16)5-8)20-7-17-6-18-20/h3-7,11-12H,1-2H3,(H,19,21)(H,22,23)/t11-,12+/m1/s1. The van der Waals surface area contributed by atoms with Gasteiger partial charge in [-0.3, -0.25) is 9.59 Å². The Morgan fingerprint density at radius 1 is 1.35 bits per heavy atom. The van der Waals surface area contributed by atoms with Gasteiger partial charge >= 0.3 is 5.97 Å². The molecule has 3 rings (SSSR count). The number of carboxylic acids is 1. The lowest BCUT2D eigenvalue weighted by Gasteiger charge is -2.09. The van der Waals surface area contributed by atoms with Crippen molar-refractivity contribution in [3.63, 3.8) is 0 Å². The van der Waals surface area contributed by atoms with Crippen molar-refractivity contribution in [2.75, 3.05) is 5.32 Å². The molecule has 0 radical (unpaired) electrons. The molecule has 0 bridgehead atoms. The van der Waals surface area contributed by atoms with E-state index >= 15 is 0 Å². The first-order valence-corrected chi connectivity index (χ1v) is 7.38. The molecule has 120 valence electrons. The fraction of sp³-hybridized carbons (Fsp3) is 0.333. The van der Waals surface area contributed by atoms with Gasteiger partial charge in [-0.2, -0.15) is 5.10 Å². The number of carbonyl (C=O) groups excluding carboxylic acids is 1. The lowest BCUT2D eigenvalue weighted by molar-refractivity contribution is -0.140. The maximum atomic E-state index is 12.3. The van der Waals surface area contributed by atoms with Gasteiger partial charge in [0, 0.05) is 5.69 Å². The lowest BCUT2D eigenvalue weighted by atomic mass is 10.1. The molecule has 2 N–H and O–H groups in total. The van der Waals surface area contributed by atoms with Crippen LogP contribution in [0.2, 0.25) is 5.02 Å². The zero-order valence-corrected chi connectivity index (χ0v) is 13.3. The van der Waals surface area contributed by atoms with Crippen molar-refractivity contribution >= 4 is 29.2 Å². The summed E-state index contributed by atoms with van der Waals surface area (Å²) in [5.41, 5.74) is 0.605. The van der Waals surface area contributed by atoms with Crippen molar-refractivity contribution in [1.29, 1.82) is 0 Å². The number of aromatic nitrogens is 3. The van der Waals surface area contributed by atoms with Crippen LogP contribution >= 0.6 is 11.6 Å². The summed E-state index contributed by atoms with van der Waals surface area (Å²) >= 11 is 6.20. The summed E-state index contributed by atoms with van der Waals surface area (Å²) in [5.74, 6) is -2.47. The summed E-state index contributed by atoms with van der Waals surface area (Å²) in [5, 5.41) is 16.3. The minimum absolute atomic E-state index is 0.313. The molecule has 23 heavy (non-hydrogen) atoms. The Bertz CT molecular complexity index is 773. The predicted octanol–water partition coefficient (Wildman–Crippen LogP) is 2.22. The Labute approximate surface area is 137 Å². The van der Waals surface area contributed by atoms with Crippen LogP contribution in [-0.4, -0.2) is 31.7 Å². The smallest absolute Gasteiger partial charge is 0.307 e. The van der Waals surface area contributed by atoms with Crippen molar-refractivity contribution in [2.45, 2.75) is 13.8 Å². The minimum atomic E-state index is -0.949. The average Bonchev–Trinajstić information content (AvgIpc) is 2.84. The van der Waals surface area contributed by atoms with Crippen molar-refractivity contribution in [1.82, 2.24) is 14.8 Å². The van der Waals surface area contributed by atoms with Crippen molar-refractivity contribution in [3.8, 4) is 5.69 Å². The topological polar surface area (TPSA) is 97.1 Å². The molecule has 1 amide bonds. The highest BCUT2D eigenvalue weighted by Crippen LogP contribution is 2.58. The van der Waals surface area contributed by atoms with Gasteiger partial charge in [-0.05, 0) is 23.6 Å². The minimum Gasteiger partial charge on any atom is -0.481 e. The highest BCUT2D eigenvalue weighted by molar-refractivity contribution is 6.32. The van der Waals surface area contributed by atoms with Crippen molar-refractivity contribution < 1.29 is 14.7 Å². The van der Waals surface area contributed by atoms with E-state index in [2.05, 4.69) is 15.4 Å². The molecule has 7 nitrogen and oxygen atoms in total. The number of rotatable bonds is 4. The van der Waals surface area contributed by atoms with Crippen molar-refractivity contribution in [2.24, 2.45) is 17.3 Å². The fourth-order valence-corrected chi connectivity index (χ4v) is 3.18. The molecule has 1 aliphatic rings. The Kier molecular flexibility index (Phi) is 3.60. The molecule has 1 saturated carbocycles. The first kappa shape index (κ1) is 15.5. The van der Waals surface area contributed by atoms with E-state index in [0.717, 1.165) is 0 Å². The Hall–Kier alpha value is -2.41. The molecule has 2 aromatic rings. The van der Waals surface area contributed by atoms with E-state index < -0.39 is 23.2 Å². The number of hydrogen-bond acceptors (Lipinski definition) is 4. The second kappa shape index (κ2) is 5.34. The summed E-state index contributed by atoms with van der Waals surface area (Å²) in [6.07, 6.45) is 2.91. The van der Waals surface area contributed by atoms with Gasteiger partial charge < -0.3 is 10.4 Å². The Morgan fingerprint density at radius 3 is 2.61 bits per heavy atom. The molecule has 1 aliphatic carbocycles. The van der Waals surface area contributed by atoms with Crippen LogP contribution in [-0.2, 0) is 9.59 Å². The Balaban J connectivity index is 1.76. The van der Waals surface area contributed by atoms with Gasteiger partial charge in [0.15, 0.2) is 0 Å². The SMILES string of the molecule is CC1(C)[C@H](C(=O)O)[C@@H]1C(=O)Nc1ccc(-n2cncn2)c(Cl)c1. The summed E-state index contributed by atoms with van der Waals surface area (Å²) in [4.78, 5) is 27.3. The molecule has 1 aromatic heterocycles. The van der Waals surface area contributed by atoms with E-state index in [1.807, 2.05) is 0 Å². The van der Waals surface area contributed by atoms with E-state index in [1.165, 1.54) is 17.3 Å². The van der Waals surface area contributed by atoms with Gasteiger partial charge in [0.1, 0.15) is 12.7 Å². The first-order valence-electron chi connectivity index (χ1n) is 7.00. The van der Waals surface area contributed by atoms with Gasteiger partial charge in [-0.25, -0.2) is 9.67 Å². The van der Waals surface area contributed by atoms with Gasteiger partial charge in [0.2, 0.25) is 5.91 Å². The summed E-state index contributed by atoms with van der Waals surface area (Å²) in [6, 6.07) is 4.99. The number of carboxylic acid groups (broad SMARTS) is 1. The Morgan fingerprint density at radius 2 is 2.09 bits per heavy atom. The third kappa shape index (κ3) is 2.68. The number of carbonyl (C=O) groups is 2. The van der Waals surface area contributed by atoms with Gasteiger partial charge in [0.25, 0.3) is 0 Å². The maximum absolute atomic E-state index is 12.3. The fourth-order valence-electron chi connectivity index (χ4n) is 2.91. The highest BCUT2D eigenvalue weighted by Gasteiger charge is 2.65. The van der Waals surface area contributed by atoms with E-state index in [4.69, 9.17) is 16.7 Å². The van der Waals surface area contributed by atoms with Crippen LogP contribution in [0.3, 0.4) is 0 Å². The van der Waals surface area contributed by atoms with E-state index in [1.54, 1.807) is 32.0 Å². The molecule has 1 heterocycles. The number of benzene rings is 1. The summed E-state index contributed by atoms with van der Waals surface area (Å²) < 4.78 is 1.51. The molecule has 1 aromatic carbocycles. The lowest BCUT2D eigenvalue weighted by Crippen LogP contribution is -2.17. The molecule has 8 heteroatoms. The van der Waals surface area contributed by atoms with Crippen LogP contribution in [0.5, 0.6) is 0 Å². The summed E-state index contributed by atoms with van der Waals surface area (Å²) in [6.45, 7) is 3.55. The van der Waals surface area contributed by atoms with E-state index in [-0.39, 0.29) is 5.91 Å². The zero-order valence-electron chi connectivity index (χ0n) is 12.5. The largest absolute Gasteiger partial charge is 0.481 e. The van der Waals surface area contributed by atoms with Crippen LogP contribution in [0.1, 0.15) is 13.8 Å². The third-order valence-electron chi connectivity index (χ3n) is 4.26. The van der Waals surface area contributed by atoms with E-state index in [0.29, 0.717) is 16.4 Å². The molecule has 0 spiro atoms. The first-order chi connectivity index (χ1) is 10.8. The highest BCUT2D eigenvalue weighted by atomic mass is 35.5. The van der Waals surface area contributed by atoms with Crippen LogP contribution < -0.4 is 5.32 Å². The quantitative estimate of drug-likeness (QED) is 0.893. The third-order valence-corrected chi connectivity index (χ3v) is 4.56. The van der Waals surface area contributed by atoms with Crippen LogP contribution in [0, 0.1) is 17.3 Å². The number of halogens is 1. The monoisotopic (exact) mass is 334 g/mol. The molecule has 0 saturated heterocycles. The van der Waals surface area contributed by atoms with Crippen LogP contribution in [0.15, 0.2) is 30.9 Å². The number of hydrogen-bond donors (Lipinski definition) is 2. The van der Waals surface area contributed by atoms with E-state index in [9.17, 15) is 9.59 Å². The number of aliphatic carboxylic acids is 1. The molecular formula is C15H15ClN4O3. The summed E-state index contributed by atoms with van der Waals surface area (Å²) in [7, 11) is 0. The number of amides is 1. The molecule has 0 unspecified atom stereocenters. The number of nitrogens with one attached hydrogen (secondary N) is 1. The molecule has 2 atom stereocenters. The normalized spacial score (nSPS) is 21.7. The van der Waals surface area contributed by atoms with Gasteiger partial charge in [0.05, 0.1) is 22.5 Å². The molecule has 1 fully saturated rings. The van der Waals surface area contributed by atoms with Gasteiger partial charge in [-0.1, -0.05) is 25.4 Å².